The lowest BCUT2D eigenvalue weighted by molar-refractivity contribution is -0.130. The summed E-state index contributed by atoms with van der Waals surface area (Å²) < 4.78 is 16.5. The normalized spacial score (nSPS) is 25.9. The zero-order valence-electron chi connectivity index (χ0n) is 20.0. The van der Waals surface area contributed by atoms with Gasteiger partial charge in [-0.1, -0.05) is 30.3 Å². The van der Waals surface area contributed by atoms with Gasteiger partial charge in [-0.15, -0.1) is 0 Å². The summed E-state index contributed by atoms with van der Waals surface area (Å²) in [6, 6.07) is 15.3. The van der Waals surface area contributed by atoms with Crippen molar-refractivity contribution in [1.29, 1.82) is 5.26 Å². The number of nitrogens with zero attached hydrogens (tertiary/aromatic N) is 2. The zero-order chi connectivity index (χ0) is 24.3. The van der Waals surface area contributed by atoms with Crippen LogP contribution in [0.4, 0.5) is 0 Å². The van der Waals surface area contributed by atoms with Gasteiger partial charge in [0, 0.05) is 36.6 Å². The van der Waals surface area contributed by atoms with Crippen molar-refractivity contribution in [1.82, 2.24) is 4.90 Å². The van der Waals surface area contributed by atoms with E-state index in [-0.39, 0.29) is 30.1 Å². The molecule has 1 heterocycles. The van der Waals surface area contributed by atoms with Crippen LogP contribution < -0.4 is 14.2 Å². The predicted octanol–water partition coefficient (Wildman–Crippen LogP) is 3.54. The van der Waals surface area contributed by atoms with Crippen molar-refractivity contribution in [2.45, 2.75) is 31.3 Å². The highest BCUT2D eigenvalue weighted by Crippen LogP contribution is 2.52. The molecule has 1 amide bonds. The molecule has 0 aromatic heterocycles. The number of carbonyl (C=O) groups is 1. The number of amides is 1. The molecule has 180 valence electrons. The van der Waals surface area contributed by atoms with Gasteiger partial charge in [-0.3, -0.25) is 4.79 Å². The number of aliphatic hydroxyl groups is 1. The second kappa shape index (κ2) is 9.94. The lowest BCUT2D eigenvalue weighted by atomic mass is 9.63. The fraction of sp³-hybridized carbons (Fsp3) is 0.481. The van der Waals surface area contributed by atoms with Crippen molar-refractivity contribution in [3.63, 3.8) is 0 Å². The number of benzene rings is 2. The van der Waals surface area contributed by atoms with Crippen molar-refractivity contribution in [2.75, 3.05) is 34.4 Å². The standard InChI is InChI=1S/C27H32N2O5/c1-32-23-9-5-4-8-21(23)27(31)15-18(11-12-28)13-20-16-29(17-22(20)27)25(30)14-19-7-6-10-24(33-2)26(19)34-3/h4-10,18,20,22,31H,11,13-17H2,1-3H3/t18-,20+,22-,27-/m1/s1. The Labute approximate surface area is 200 Å². The van der Waals surface area contributed by atoms with Gasteiger partial charge in [-0.25, -0.2) is 0 Å². The highest BCUT2D eigenvalue weighted by atomic mass is 16.5. The SMILES string of the molecule is COc1ccccc1[C@]1(O)C[C@H](CC#N)C[C@H]2CN(C(=O)Cc3cccc(OC)c3OC)C[C@H]21. The van der Waals surface area contributed by atoms with Crippen molar-refractivity contribution in [2.24, 2.45) is 17.8 Å². The number of rotatable bonds is 7. The van der Waals surface area contributed by atoms with Crippen LogP contribution in [0.5, 0.6) is 17.2 Å². The van der Waals surface area contributed by atoms with Crippen LogP contribution in [-0.4, -0.2) is 50.3 Å². The smallest absolute Gasteiger partial charge is 0.227 e. The number of fused-ring (bicyclic) bond motifs is 1. The average Bonchev–Trinajstić information content (AvgIpc) is 3.29. The summed E-state index contributed by atoms with van der Waals surface area (Å²) in [6.07, 6.45) is 1.87. The summed E-state index contributed by atoms with van der Waals surface area (Å²) in [5, 5.41) is 21.5. The van der Waals surface area contributed by atoms with Crippen LogP contribution in [0, 0.1) is 29.1 Å². The van der Waals surface area contributed by atoms with Crippen LogP contribution >= 0.6 is 0 Å². The van der Waals surface area contributed by atoms with E-state index in [1.165, 1.54) is 0 Å². The summed E-state index contributed by atoms with van der Waals surface area (Å²) in [7, 11) is 4.74. The molecule has 0 spiro atoms. The van der Waals surface area contributed by atoms with E-state index in [0.717, 1.165) is 17.5 Å². The molecule has 4 atom stereocenters. The minimum absolute atomic E-state index is 0.0137. The van der Waals surface area contributed by atoms with E-state index < -0.39 is 5.60 Å². The molecular formula is C27H32N2O5. The van der Waals surface area contributed by atoms with Gasteiger partial charge < -0.3 is 24.2 Å². The fourth-order valence-electron chi connectivity index (χ4n) is 5.92. The van der Waals surface area contributed by atoms with E-state index in [4.69, 9.17) is 14.2 Å². The lowest BCUT2D eigenvalue weighted by Crippen LogP contribution is -2.46. The largest absolute Gasteiger partial charge is 0.496 e. The maximum atomic E-state index is 13.4. The third-order valence-electron chi connectivity index (χ3n) is 7.42. The number of likely N-dealkylation sites (tertiary alicyclic amines) is 1. The van der Waals surface area contributed by atoms with Crippen molar-refractivity contribution >= 4 is 5.91 Å². The molecule has 1 aliphatic heterocycles. The quantitative estimate of drug-likeness (QED) is 0.674. The Hall–Kier alpha value is -3.24. The molecule has 7 heteroatoms. The van der Waals surface area contributed by atoms with Crippen LogP contribution in [0.25, 0.3) is 0 Å². The summed E-state index contributed by atoms with van der Waals surface area (Å²) in [6.45, 7) is 1.03. The molecule has 1 saturated carbocycles. The van der Waals surface area contributed by atoms with Gasteiger partial charge in [-0.05, 0) is 36.8 Å². The Bertz CT molecular complexity index is 1080. The summed E-state index contributed by atoms with van der Waals surface area (Å²) >= 11 is 0. The van der Waals surface area contributed by atoms with E-state index in [1.54, 1.807) is 27.4 Å². The first kappa shape index (κ1) is 23.9. The molecule has 0 unspecified atom stereocenters. The van der Waals surface area contributed by atoms with Crippen LogP contribution in [0.15, 0.2) is 42.5 Å². The number of carbonyl (C=O) groups excluding carboxylic acids is 1. The summed E-state index contributed by atoms with van der Waals surface area (Å²) in [5.74, 6) is 1.82. The van der Waals surface area contributed by atoms with Crippen LogP contribution in [0.2, 0.25) is 0 Å². The summed E-state index contributed by atoms with van der Waals surface area (Å²) in [5.41, 5.74) is 0.336. The molecule has 1 aliphatic carbocycles. The predicted molar refractivity (Wildman–Crippen MR) is 127 cm³/mol. The maximum Gasteiger partial charge on any atom is 0.227 e. The van der Waals surface area contributed by atoms with E-state index in [2.05, 4.69) is 6.07 Å². The number of nitriles is 1. The second-order valence-electron chi connectivity index (χ2n) is 9.29. The number of hydrogen-bond acceptors (Lipinski definition) is 6. The van der Waals surface area contributed by atoms with E-state index in [0.29, 0.717) is 43.2 Å². The molecule has 4 rings (SSSR count). The molecule has 2 fully saturated rings. The fourth-order valence-corrected chi connectivity index (χ4v) is 5.92. The van der Waals surface area contributed by atoms with E-state index in [9.17, 15) is 15.2 Å². The average molecular weight is 465 g/mol. The Morgan fingerprint density at radius 3 is 2.53 bits per heavy atom. The van der Waals surface area contributed by atoms with Gasteiger partial charge in [0.1, 0.15) is 5.75 Å². The van der Waals surface area contributed by atoms with Gasteiger partial charge in [-0.2, -0.15) is 5.26 Å². The van der Waals surface area contributed by atoms with Gasteiger partial charge in [0.2, 0.25) is 5.91 Å². The van der Waals surface area contributed by atoms with Crippen LogP contribution in [0.1, 0.15) is 30.4 Å². The first-order chi connectivity index (χ1) is 16.4. The van der Waals surface area contributed by atoms with Gasteiger partial charge in [0.05, 0.1) is 39.4 Å². The first-order valence-corrected chi connectivity index (χ1v) is 11.7. The molecule has 2 aromatic rings. The second-order valence-corrected chi connectivity index (χ2v) is 9.29. The van der Waals surface area contributed by atoms with Crippen molar-refractivity contribution in [3.05, 3.63) is 53.6 Å². The third-order valence-corrected chi connectivity index (χ3v) is 7.42. The van der Waals surface area contributed by atoms with Crippen LogP contribution in [-0.2, 0) is 16.8 Å². The highest BCUT2D eigenvalue weighted by molar-refractivity contribution is 5.80. The molecular weight excluding hydrogens is 432 g/mol. The summed E-state index contributed by atoms with van der Waals surface area (Å²) in [4.78, 5) is 15.2. The molecule has 1 N–H and O–H groups in total. The third kappa shape index (κ3) is 4.30. The highest BCUT2D eigenvalue weighted by Gasteiger charge is 2.54. The maximum absolute atomic E-state index is 13.4. The van der Waals surface area contributed by atoms with Gasteiger partial charge in [0.25, 0.3) is 0 Å². The van der Waals surface area contributed by atoms with Gasteiger partial charge in [0.15, 0.2) is 11.5 Å². The molecule has 0 bridgehead atoms. The minimum Gasteiger partial charge on any atom is -0.496 e. The molecule has 0 radical (unpaired) electrons. The lowest BCUT2D eigenvalue weighted by Gasteiger charge is -2.45. The minimum atomic E-state index is -1.17. The van der Waals surface area contributed by atoms with Crippen molar-refractivity contribution in [3.8, 4) is 23.3 Å². The zero-order valence-corrected chi connectivity index (χ0v) is 20.0. The number of methoxy groups -OCH3 is 3. The Morgan fingerprint density at radius 2 is 1.82 bits per heavy atom. The number of ether oxygens (including phenoxy) is 3. The van der Waals surface area contributed by atoms with E-state index >= 15 is 0 Å². The number of hydrogen-bond donors (Lipinski definition) is 1. The van der Waals surface area contributed by atoms with Gasteiger partial charge >= 0.3 is 0 Å². The molecule has 34 heavy (non-hydrogen) atoms. The molecule has 7 nitrogen and oxygen atoms in total. The first-order valence-electron chi connectivity index (χ1n) is 11.7. The molecule has 1 saturated heterocycles. The monoisotopic (exact) mass is 464 g/mol. The topological polar surface area (TPSA) is 92.0 Å². The Balaban J connectivity index is 1.61. The van der Waals surface area contributed by atoms with Crippen LogP contribution in [0.3, 0.4) is 0 Å². The Morgan fingerprint density at radius 1 is 1.09 bits per heavy atom. The molecule has 2 aromatic carbocycles. The van der Waals surface area contributed by atoms with E-state index in [1.807, 2.05) is 41.3 Å². The number of para-hydroxylation sites is 2. The molecule has 2 aliphatic rings. The Kier molecular flexibility index (Phi) is 6.99. The van der Waals surface area contributed by atoms with Crippen molar-refractivity contribution < 1.29 is 24.1 Å².